The Balaban J connectivity index is 1.64. The van der Waals surface area contributed by atoms with E-state index in [1.807, 2.05) is 12.4 Å². The molecule has 2 aromatic rings. The zero-order valence-electron chi connectivity index (χ0n) is 12.5. The minimum Gasteiger partial charge on any atom is -0.346 e. The molecule has 5 heteroatoms. The summed E-state index contributed by atoms with van der Waals surface area (Å²) in [5.74, 6) is 2.83. The molecule has 0 bridgehead atoms. The van der Waals surface area contributed by atoms with Crippen LogP contribution < -0.4 is 0 Å². The summed E-state index contributed by atoms with van der Waals surface area (Å²) in [6, 6.07) is 0.471. The number of aromatic nitrogens is 4. The number of imidazole rings is 2. The molecule has 2 aromatic heterocycles. The Hall–Kier alpha value is -1.62. The first-order valence-electron chi connectivity index (χ1n) is 7.39. The molecule has 1 fully saturated rings. The fourth-order valence-corrected chi connectivity index (χ4v) is 2.98. The highest BCUT2D eigenvalue weighted by Crippen LogP contribution is 2.26. The lowest BCUT2D eigenvalue weighted by Gasteiger charge is -2.18. The number of aromatic amines is 1. The molecule has 0 spiro atoms. The molecule has 0 radical (unpaired) electrons. The highest BCUT2D eigenvalue weighted by molar-refractivity contribution is 5.07. The van der Waals surface area contributed by atoms with E-state index in [9.17, 15) is 0 Å². The Morgan fingerprint density at radius 2 is 2.25 bits per heavy atom. The summed E-state index contributed by atoms with van der Waals surface area (Å²) >= 11 is 0. The summed E-state index contributed by atoms with van der Waals surface area (Å²) in [5, 5.41) is 0. The van der Waals surface area contributed by atoms with E-state index in [2.05, 4.69) is 51.4 Å². The summed E-state index contributed by atoms with van der Waals surface area (Å²) in [6.07, 6.45) is 7.07. The smallest absolute Gasteiger partial charge is 0.123 e. The summed E-state index contributed by atoms with van der Waals surface area (Å²) in [6.45, 7) is 9.57. The van der Waals surface area contributed by atoms with Crippen LogP contribution in [0, 0.1) is 6.92 Å². The summed E-state index contributed by atoms with van der Waals surface area (Å²) < 4.78 is 2.25. The number of likely N-dealkylation sites (tertiary alicyclic amines) is 1. The van der Waals surface area contributed by atoms with Gasteiger partial charge in [-0.15, -0.1) is 0 Å². The monoisotopic (exact) mass is 273 g/mol. The quantitative estimate of drug-likeness (QED) is 0.931. The molecule has 0 aliphatic carbocycles. The maximum Gasteiger partial charge on any atom is 0.123 e. The zero-order chi connectivity index (χ0) is 14.1. The van der Waals surface area contributed by atoms with Crippen LogP contribution >= 0.6 is 0 Å². The average Bonchev–Trinajstić information content (AvgIpc) is 3.09. The molecule has 0 saturated carbocycles. The molecular formula is C15H23N5. The van der Waals surface area contributed by atoms with Crippen LogP contribution in [0.4, 0.5) is 0 Å². The number of aryl methyl sites for hydroxylation is 1. The molecule has 1 saturated heterocycles. The summed E-state index contributed by atoms with van der Waals surface area (Å²) in [5.41, 5.74) is 1.15. The van der Waals surface area contributed by atoms with E-state index in [0.717, 1.165) is 37.0 Å². The van der Waals surface area contributed by atoms with Gasteiger partial charge in [-0.1, -0.05) is 0 Å². The fourth-order valence-electron chi connectivity index (χ4n) is 2.98. The van der Waals surface area contributed by atoms with Gasteiger partial charge >= 0.3 is 0 Å². The molecule has 1 unspecified atom stereocenters. The topological polar surface area (TPSA) is 49.7 Å². The number of nitrogens with zero attached hydrogens (tertiary/aromatic N) is 4. The first kappa shape index (κ1) is 13.4. The Bertz CT molecular complexity index is 568. The molecule has 0 aromatic carbocycles. The van der Waals surface area contributed by atoms with E-state index in [1.54, 1.807) is 0 Å². The Morgan fingerprint density at radius 1 is 1.40 bits per heavy atom. The van der Waals surface area contributed by atoms with Gasteiger partial charge in [-0.05, 0) is 33.7 Å². The zero-order valence-corrected chi connectivity index (χ0v) is 12.5. The number of H-pyrrole nitrogens is 1. The van der Waals surface area contributed by atoms with Crippen molar-refractivity contribution in [3.05, 3.63) is 35.9 Å². The molecule has 1 atom stereocenters. The lowest BCUT2D eigenvalue weighted by atomic mass is 10.1. The Morgan fingerprint density at radius 3 is 2.95 bits per heavy atom. The van der Waals surface area contributed by atoms with Crippen molar-refractivity contribution in [3.63, 3.8) is 0 Å². The van der Waals surface area contributed by atoms with Crippen molar-refractivity contribution in [2.24, 2.45) is 0 Å². The third kappa shape index (κ3) is 2.63. The lowest BCUT2D eigenvalue weighted by molar-refractivity contribution is 0.308. The van der Waals surface area contributed by atoms with Gasteiger partial charge in [0, 0.05) is 42.8 Å². The van der Waals surface area contributed by atoms with E-state index >= 15 is 0 Å². The molecule has 108 valence electrons. The van der Waals surface area contributed by atoms with Crippen molar-refractivity contribution < 1.29 is 0 Å². The molecule has 1 aliphatic rings. The van der Waals surface area contributed by atoms with Crippen LogP contribution in [0.2, 0.25) is 0 Å². The number of hydrogen-bond acceptors (Lipinski definition) is 3. The van der Waals surface area contributed by atoms with Crippen LogP contribution in [0.1, 0.15) is 49.6 Å². The third-order valence-corrected chi connectivity index (χ3v) is 4.05. The van der Waals surface area contributed by atoms with Crippen LogP contribution in [0.15, 0.2) is 18.6 Å². The molecule has 20 heavy (non-hydrogen) atoms. The van der Waals surface area contributed by atoms with E-state index in [1.165, 1.54) is 6.42 Å². The first-order chi connectivity index (χ1) is 9.63. The lowest BCUT2D eigenvalue weighted by Crippen LogP contribution is -2.22. The van der Waals surface area contributed by atoms with Crippen molar-refractivity contribution >= 4 is 0 Å². The van der Waals surface area contributed by atoms with E-state index < -0.39 is 0 Å². The fraction of sp³-hybridized carbons (Fsp3) is 0.600. The number of rotatable bonds is 4. The summed E-state index contributed by atoms with van der Waals surface area (Å²) in [4.78, 5) is 14.8. The first-order valence-corrected chi connectivity index (χ1v) is 7.39. The van der Waals surface area contributed by atoms with Crippen LogP contribution in [0.25, 0.3) is 0 Å². The van der Waals surface area contributed by atoms with Crippen molar-refractivity contribution in [3.8, 4) is 0 Å². The highest BCUT2D eigenvalue weighted by atomic mass is 15.2. The predicted molar refractivity (Wildman–Crippen MR) is 78.6 cm³/mol. The van der Waals surface area contributed by atoms with Crippen molar-refractivity contribution in [1.29, 1.82) is 0 Å². The van der Waals surface area contributed by atoms with Crippen molar-refractivity contribution in [2.75, 3.05) is 13.1 Å². The van der Waals surface area contributed by atoms with Gasteiger partial charge in [-0.25, -0.2) is 9.97 Å². The molecule has 1 aliphatic heterocycles. The second kappa shape index (κ2) is 5.40. The Labute approximate surface area is 120 Å². The van der Waals surface area contributed by atoms with Crippen molar-refractivity contribution in [2.45, 2.75) is 45.7 Å². The van der Waals surface area contributed by atoms with Crippen LogP contribution in [-0.4, -0.2) is 37.5 Å². The van der Waals surface area contributed by atoms with Gasteiger partial charge in [0.25, 0.3) is 0 Å². The molecule has 5 nitrogen and oxygen atoms in total. The minimum atomic E-state index is 0.471. The van der Waals surface area contributed by atoms with E-state index in [-0.39, 0.29) is 0 Å². The maximum absolute atomic E-state index is 4.50. The Kier molecular flexibility index (Phi) is 3.61. The van der Waals surface area contributed by atoms with E-state index in [4.69, 9.17) is 0 Å². The highest BCUT2D eigenvalue weighted by Gasteiger charge is 2.26. The second-order valence-corrected chi connectivity index (χ2v) is 6.02. The van der Waals surface area contributed by atoms with Gasteiger partial charge in [-0.2, -0.15) is 0 Å². The molecule has 0 amide bonds. The van der Waals surface area contributed by atoms with E-state index in [0.29, 0.717) is 12.0 Å². The minimum absolute atomic E-state index is 0.471. The normalized spacial score (nSPS) is 20.1. The van der Waals surface area contributed by atoms with Gasteiger partial charge in [0.2, 0.25) is 0 Å². The SMILES string of the molecule is Cc1cnc(C2CCN(Cc3nccn3C(C)C)C2)[nH]1. The maximum atomic E-state index is 4.50. The van der Waals surface area contributed by atoms with Crippen LogP contribution in [0.3, 0.4) is 0 Å². The largest absolute Gasteiger partial charge is 0.346 e. The average molecular weight is 273 g/mol. The number of nitrogens with one attached hydrogen (secondary N) is 1. The molecular weight excluding hydrogens is 250 g/mol. The summed E-state index contributed by atoms with van der Waals surface area (Å²) in [7, 11) is 0. The second-order valence-electron chi connectivity index (χ2n) is 6.02. The predicted octanol–water partition coefficient (Wildman–Crippen LogP) is 2.49. The van der Waals surface area contributed by atoms with Crippen molar-refractivity contribution in [1.82, 2.24) is 24.4 Å². The molecule has 3 rings (SSSR count). The molecule has 1 N–H and O–H groups in total. The standard InChI is InChI=1S/C15H23N5/c1-11(2)20-7-5-16-14(20)10-19-6-4-13(9-19)15-17-8-12(3)18-15/h5,7-8,11,13H,4,6,9-10H2,1-3H3,(H,17,18). The van der Waals surface area contributed by atoms with Gasteiger partial charge in [0.15, 0.2) is 0 Å². The molecule has 3 heterocycles. The van der Waals surface area contributed by atoms with Crippen LogP contribution in [0.5, 0.6) is 0 Å². The van der Waals surface area contributed by atoms with Crippen LogP contribution in [-0.2, 0) is 6.54 Å². The van der Waals surface area contributed by atoms with Gasteiger partial charge in [-0.3, -0.25) is 4.90 Å². The van der Waals surface area contributed by atoms with Gasteiger partial charge in [0.05, 0.1) is 6.54 Å². The number of hydrogen-bond donors (Lipinski definition) is 1. The van der Waals surface area contributed by atoms with Gasteiger partial charge < -0.3 is 9.55 Å². The third-order valence-electron chi connectivity index (χ3n) is 4.05. The van der Waals surface area contributed by atoms with Gasteiger partial charge in [0.1, 0.15) is 11.6 Å².